The number of nitrogens with two attached hydrogens (primary N) is 1. The van der Waals surface area contributed by atoms with Crippen molar-refractivity contribution in [1.29, 1.82) is 0 Å². The minimum atomic E-state index is -0.182. The number of halogens is 3. The SMILES string of the molecule is COc1cccc(OC)c1-c1ccccc1P(C1CCCCC1)C1CCCCC1.ClCCl.NCCc1c[c-]ccc1.[Cl-].[Pd+2]. The summed E-state index contributed by atoms with van der Waals surface area (Å²) >= 11 is 9.53. The molecule has 5 rings (SSSR count). The smallest absolute Gasteiger partial charge is 1.00 e. The minimum absolute atomic E-state index is 0. The number of benzene rings is 3. The van der Waals surface area contributed by atoms with Crippen molar-refractivity contribution >= 4 is 36.4 Å². The normalized spacial score (nSPS) is 15.0. The van der Waals surface area contributed by atoms with Crippen LogP contribution in [-0.4, -0.2) is 37.4 Å². The van der Waals surface area contributed by atoms with Crippen LogP contribution in [0.15, 0.2) is 66.7 Å². The quantitative estimate of drug-likeness (QED) is 0.123. The van der Waals surface area contributed by atoms with E-state index < -0.39 is 0 Å². The molecule has 3 aromatic rings. The Morgan fingerprint density at radius 2 is 1.33 bits per heavy atom. The van der Waals surface area contributed by atoms with Gasteiger partial charge in [-0.2, -0.15) is 35.9 Å². The van der Waals surface area contributed by atoms with Crippen LogP contribution in [-0.2, 0) is 26.8 Å². The molecule has 3 aromatic carbocycles. The van der Waals surface area contributed by atoms with Gasteiger partial charge in [-0.1, -0.05) is 83.2 Å². The fraction of sp³-hybridized carbons (Fsp3) is 0.486. The van der Waals surface area contributed by atoms with E-state index in [2.05, 4.69) is 48.5 Å². The average molecular weight is 758 g/mol. The van der Waals surface area contributed by atoms with Gasteiger partial charge in [-0.25, -0.2) is 0 Å². The van der Waals surface area contributed by atoms with Gasteiger partial charge in [0, 0.05) is 0 Å². The zero-order chi connectivity index (χ0) is 29.3. The van der Waals surface area contributed by atoms with E-state index in [0.29, 0.717) is 0 Å². The van der Waals surface area contributed by atoms with Crippen LogP contribution in [0.25, 0.3) is 11.1 Å². The van der Waals surface area contributed by atoms with Crippen LogP contribution in [0.5, 0.6) is 11.5 Å². The summed E-state index contributed by atoms with van der Waals surface area (Å²) in [5, 5.41) is 1.78. The Hall–Kier alpha value is -0.818. The van der Waals surface area contributed by atoms with Crippen molar-refractivity contribution in [3.05, 3.63) is 78.4 Å². The van der Waals surface area contributed by atoms with Crippen molar-refractivity contribution in [2.45, 2.75) is 81.9 Å². The van der Waals surface area contributed by atoms with E-state index in [1.165, 1.54) is 75.3 Å². The van der Waals surface area contributed by atoms with E-state index in [-0.39, 0.29) is 46.1 Å². The van der Waals surface area contributed by atoms with Crippen LogP contribution in [0.1, 0.15) is 69.8 Å². The zero-order valence-corrected chi connectivity index (χ0v) is 30.2. The monoisotopic (exact) mass is 755 g/mol. The fourth-order valence-electron chi connectivity index (χ4n) is 6.19. The van der Waals surface area contributed by atoms with Gasteiger partial charge in [0.2, 0.25) is 0 Å². The number of methoxy groups -OCH3 is 2. The third-order valence-electron chi connectivity index (χ3n) is 8.02. The van der Waals surface area contributed by atoms with E-state index in [9.17, 15) is 0 Å². The first-order valence-corrected chi connectivity index (χ1v) is 17.6. The van der Waals surface area contributed by atoms with Crippen molar-refractivity contribution in [2.75, 3.05) is 26.1 Å². The Bertz CT molecular complexity index is 1090. The molecule has 2 fully saturated rings. The number of hydrogen-bond acceptors (Lipinski definition) is 3. The van der Waals surface area contributed by atoms with E-state index in [1.54, 1.807) is 19.5 Å². The van der Waals surface area contributed by atoms with E-state index >= 15 is 0 Å². The van der Waals surface area contributed by atoms with Crippen molar-refractivity contribution < 1.29 is 42.3 Å². The molecule has 0 unspecified atom stereocenters. The molecular weight excluding hydrogens is 710 g/mol. The molecular formula is C35H47Cl3NO2PPd. The second kappa shape index (κ2) is 23.5. The summed E-state index contributed by atoms with van der Waals surface area (Å²) in [6.07, 6.45) is 15.1. The average Bonchev–Trinajstić information content (AvgIpc) is 3.03. The van der Waals surface area contributed by atoms with Gasteiger partial charge in [0.05, 0.1) is 25.1 Å². The Balaban J connectivity index is 0.000000559. The van der Waals surface area contributed by atoms with E-state index in [4.69, 9.17) is 38.4 Å². The fourth-order valence-corrected chi connectivity index (χ4v) is 10.1. The van der Waals surface area contributed by atoms with Crippen LogP contribution in [0.4, 0.5) is 0 Å². The number of hydrogen-bond donors (Lipinski definition) is 1. The first kappa shape index (κ1) is 40.2. The molecule has 2 N–H and O–H groups in total. The Morgan fingerprint density at radius 3 is 1.79 bits per heavy atom. The maximum Gasteiger partial charge on any atom is 2.00 e. The predicted molar refractivity (Wildman–Crippen MR) is 180 cm³/mol. The summed E-state index contributed by atoms with van der Waals surface area (Å²) in [5.41, 5.74) is 10.8. The van der Waals surface area contributed by atoms with Crippen molar-refractivity contribution in [1.82, 2.24) is 0 Å². The van der Waals surface area contributed by atoms with Crippen LogP contribution in [0.2, 0.25) is 0 Å². The van der Waals surface area contributed by atoms with Crippen LogP contribution >= 0.6 is 31.1 Å². The van der Waals surface area contributed by atoms with Gasteiger partial charge >= 0.3 is 20.4 Å². The molecule has 3 nitrogen and oxygen atoms in total. The van der Waals surface area contributed by atoms with Gasteiger partial charge in [0.1, 0.15) is 11.5 Å². The van der Waals surface area contributed by atoms with Crippen LogP contribution in [0, 0.1) is 6.07 Å². The van der Waals surface area contributed by atoms with Gasteiger partial charge < -0.3 is 27.6 Å². The zero-order valence-electron chi connectivity index (χ0n) is 25.5. The van der Waals surface area contributed by atoms with Crippen molar-refractivity contribution in [3.8, 4) is 22.6 Å². The van der Waals surface area contributed by atoms with Gasteiger partial charge in [-0.3, -0.25) is 0 Å². The molecule has 43 heavy (non-hydrogen) atoms. The van der Waals surface area contributed by atoms with Gasteiger partial charge in [0.25, 0.3) is 0 Å². The number of ether oxygens (including phenoxy) is 2. The molecule has 8 heteroatoms. The molecule has 0 amide bonds. The summed E-state index contributed by atoms with van der Waals surface area (Å²) in [6.45, 7) is 0.720. The molecule has 0 heterocycles. The molecule has 0 spiro atoms. The first-order chi connectivity index (χ1) is 20.2. The number of rotatable bonds is 8. The van der Waals surface area contributed by atoms with Crippen LogP contribution in [0.3, 0.4) is 0 Å². The molecule has 0 atom stereocenters. The largest absolute Gasteiger partial charge is 2.00 e. The van der Waals surface area contributed by atoms with Gasteiger partial charge in [-0.15, -0.1) is 23.2 Å². The summed E-state index contributed by atoms with van der Waals surface area (Å²) < 4.78 is 11.6. The molecule has 240 valence electrons. The third kappa shape index (κ3) is 12.5. The molecule has 2 saturated carbocycles. The second-order valence-electron chi connectivity index (χ2n) is 10.6. The minimum Gasteiger partial charge on any atom is -1.00 e. The maximum atomic E-state index is 5.80. The molecule has 0 saturated heterocycles. The first-order valence-electron chi connectivity index (χ1n) is 15.0. The Morgan fingerprint density at radius 1 is 0.791 bits per heavy atom. The molecule has 0 aromatic heterocycles. The summed E-state index contributed by atoms with van der Waals surface area (Å²) in [6, 6.07) is 26.2. The predicted octanol–water partition coefficient (Wildman–Crippen LogP) is 6.55. The number of alkyl halides is 2. The van der Waals surface area contributed by atoms with Gasteiger partial charge in [-0.05, 0) is 66.5 Å². The topological polar surface area (TPSA) is 44.5 Å². The van der Waals surface area contributed by atoms with Crippen LogP contribution < -0.4 is 32.9 Å². The second-order valence-corrected chi connectivity index (χ2v) is 14.2. The van der Waals surface area contributed by atoms with Crippen molar-refractivity contribution in [3.63, 3.8) is 0 Å². The van der Waals surface area contributed by atoms with Crippen molar-refractivity contribution in [2.24, 2.45) is 5.73 Å². The maximum absolute atomic E-state index is 5.80. The molecule has 0 radical (unpaired) electrons. The molecule has 0 bridgehead atoms. The van der Waals surface area contributed by atoms with E-state index in [0.717, 1.165) is 41.3 Å². The standard InChI is InChI=1S/C26H35O2P.C8H10N.CH2Cl2.ClH.Pd/c1-27-23-17-11-18-24(28-2)26(23)22-16-9-10-19-25(22)29(20-12-5-3-6-13-20)21-14-7-4-8-15-21;9-7-6-8-4-2-1-3-5-8;2-1-3;;/h9-11,16-21H,3-8,12-15H2,1-2H3;1-2,4-5H,6-7,9H2;1H2;1H;/q;-1;;;+2/p-1. The summed E-state index contributed by atoms with van der Waals surface area (Å²) in [7, 11) is 3.36. The van der Waals surface area contributed by atoms with E-state index in [1.807, 2.05) is 24.3 Å². The summed E-state index contributed by atoms with van der Waals surface area (Å²) in [4.78, 5) is 0. The van der Waals surface area contributed by atoms with Gasteiger partial charge in [0.15, 0.2) is 0 Å². The Labute approximate surface area is 291 Å². The summed E-state index contributed by atoms with van der Waals surface area (Å²) in [5.74, 6) is 1.83. The third-order valence-corrected chi connectivity index (χ3v) is 11.6. The molecule has 0 aliphatic heterocycles. The molecule has 2 aliphatic rings. The molecule has 2 aliphatic carbocycles. The Kier molecular flexibility index (Phi) is 22.0.